The molecule has 5 heteroatoms. The average molecular weight is 246 g/mol. The molecule has 2 aliphatic rings. The van der Waals surface area contributed by atoms with Gasteiger partial charge in [-0.15, -0.1) is 0 Å². The van der Waals surface area contributed by atoms with E-state index in [2.05, 4.69) is 17.1 Å². The lowest BCUT2D eigenvalue weighted by Crippen LogP contribution is -2.50. The highest BCUT2D eigenvalue weighted by atomic mass is 32.2. The van der Waals surface area contributed by atoms with Gasteiger partial charge >= 0.3 is 0 Å². The predicted molar refractivity (Wildman–Crippen MR) is 65.3 cm³/mol. The average Bonchev–Trinajstić information content (AvgIpc) is 2.62. The third kappa shape index (κ3) is 2.76. The topological polar surface area (TPSA) is 49.4 Å². The Labute approximate surface area is 98.3 Å². The molecule has 4 nitrogen and oxygen atoms in total. The van der Waals surface area contributed by atoms with Crippen molar-refractivity contribution in [3.05, 3.63) is 0 Å². The molecular formula is C11H22N2O2S. The fourth-order valence-corrected chi connectivity index (χ4v) is 4.71. The maximum atomic E-state index is 11.5. The molecule has 2 unspecified atom stereocenters. The lowest BCUT2D eigenvalue weighted by Gasteiger charge is -2.37. The number of hydrogen-bond acceptors (Lipinski definition) is 4. The molecular weight excluding hydrogens is 224 g/mol. The van der Waals surface area contributed by atoms with Crippen LogP contribution < -0.4 is 5.32 Å². The van der Waals surface area contributed by atoms with E-state index in [4.69, 9.17) is 0 Å². The summed E-state index contributed by atoms with van der Waals surface area (Å²) in [5.41, 5.74) is 0. The first-order chi connectivity index (χ1) is 7.62. The smallest absolute Gasteiger partial charge is 0.151 e. The van der Waals surface area contributed by atoms with Crippen LogP contribution in [0.1, 0.15) is 26.2 Å². The van der Waals surface area contributed by atoms with Gasteiger partial charge in [0.15, 0.2) is 9.84 Å². The van der Waals surface area contributed by atoms with Crippen molar-refractivity contribution in [2.24, 2.45) is 0 Å². The first-order valence-corrected chi connectivity index (χ1v) is 8.11. The highest BCUT2D eigenvalue weighted by molar-refractivity contribution is 7.91. The molecule has 16 heavy (non-hydrogen) atoms. The van der Waals surface area contributed by atoms with Crippen LogP contribution >= 0.6 is 0 Å². The van der Waals surface area contributed by atoms with Crippen LogP contribution in [0.4, 0.5) is 0 Å². The molecule has 0 aromatic heterocycles. The van der Waals surface area contributed by atoms with Crippen molar-refractivity contribution in [1.82, 2.24) is 10.2 Å². The zero-order valence-electron chi connectivity index (χ0n) is 9.98. The molecule has 94 valence electrons. The maximum absolute atomic E-state index is 11.5. The summed E-state index contributed by atoms with van der Waals surface area (Å²) in [6.45, 7) is 5.23. The molecule has 2 aliphatic heterocycles. The van der Waals surface area contributed by atoms with Gasteiger partial charge in [-0.2, -0.15) is 0 Å². The standard InChI is InChI=1S/C11H22N2O2S/c1-2-13(10-4-3-6-12-8-10)11-5-7-16(14,15)9-11/h10-12H,2-9H2,1H3. The Bertz CT molecular complexity index is 323. The predicted octanol–water partition coefficient (Wildman–Crippen LogP) is 0.247. The molecule has 0 aromatic carbocycles. The molecule has 0 bridgehead atoms. The molecule has 0 spiro atoms. The van der Waals surface area contributed by atoms with Crippen LogP contribution in [0.2, 0.25) is 0 Å². The van der Waals surface area contributed by atoms with Crippen molar-refractivity contribution >= 4 is 9.84 Å². The van der Waals surface area contributed by atoms with Gasteiger partial charge in [0.05, 0.1) is 11.5 Å². The van der Waals surface area contributed by atoms with Crippen LogP contribution in [0.25, 0.3) is 0 Å². The van der Waals surface area contributed by atoms with Gasteiger partial charge in [-0.1, -0.05) is 6.92 Å². The summed E-state index contributed by atoms with van der Waals surface area (Å²) in [6.07, 6.45) is 3.24. The number of nitrogens with zero attached hydrogens (tertiary/aromatic N) is 1. The van der Waals surface area contributed by atoms with E-state index in [1.54, 1.807) is 0 Å². The molecule has 2 heterocycles. The van der Waals surface area contributed by atoms with Gasteiger partial charge in [0.1, 0.15) is 0 Å². The van der Waals surface area contributed by atoms with Crippen LogP contribution in [0.3, 0.4) is 0 Å². The molecule has 1 N–H and O–H groups in total. The number of nitrogens with one attached hydrogen (secondary N) is 1. The van der Waals surface area contributed by atoms with Crippen molar-refractivity contribution < 1.29 is 8.42 Å². The molecule has 0 aromatic rings. The van der Waals surface area contributed by atoms with Crippen LogP contribution in [0.15, 0.2) is 0 Å². The second-order valence-corrected chi connectivity index (χ2v) is 7.12. The van der Waals surface area contributed by atoms with E-state index in [1.807, 2.05) is 0 Å². The first kappa shape index (κ1) is 12.3. The lowest BCUT2D eigenvalue weighted by atomic mass is 10.0. The second-order valence-electron chi connectivity index (χ2n) is 4.89. The summed E-state index contributed by atoms with van der Waals surface area (Å²) in [7, 11) is -2.75. The monoisotopic (exact) mass is 246 g/mol. The number of hydrogen-bond donors (Lipinski definition) is 1. The van der Waals surface area contributed by atoms with Gasteiger partial charge in [0.2, 0.25) is 0 Å². The molecule has 2 fully saturated rings. The van der Waals surface area contributed by atoms with Crippen LogP contribution in [-0.4, -0.2) is 56.5 Å². The van der Waals surface area contributed by atoms with Gasteiger partial charge < -0.3 is 5.32 Å². The van der Waals surface area contributed by atoms with Crippen molar-refractivity contribution in [2.75, 3.05) is 31.1 Å². The van der Waals surface area contributed by atoms with Gasteiger partial charge in [0.25, 0.3) is 0 Å². The highest BCUT2D eigenvalue weighted by Crippen LogP contribution is 2.22. The number of likely N-dealkylation sites (N-methyl/N-ethyl adjacent to an activating group) is 1. The molecule has 2 rings (SSSR count). The summed E-state index contributed by atoms with van der Waals surface area (Å²) in [5.74, 6) is 0.756. The Morgan fingerprint density at radius 3 is 2.62 bits per heavy atom. The minimum absolute atomic E-state index is 0.264. The molecule has 2 atom stereocenters. The van der Waals surface area contributed by atoms with Crippen molar-refractivity contribution in [2.45, 2.75) is 38.3 Å². The second kappa shape index (κ2) is 5.02. The van der Waals surface area contributed by atoms with E-state index in [0.717, 1.165) is 26.1 Å². The Hall–Kier alpha value is -0.130. The minimum atomic E-state index is -2.75. The molecule has 2 saturated heterocycles. The van der Waals surface area contributed by atoms with Gasteiger partial charge in [-0.3, -0.25) is 4.90 Å². The van der Waals surface area contributed by atoms with Crippen molar-refractivity contribution in [3.8, 4) is 0 Å². The summed E-state index contributed by atoms with van der Waals surface area (Å²) < 4.78 is 23.0. The van der Waals surface area contributed by atoms with E-state index in [1.165, 1.54) is 12.8 Å². The Morgan fingerprint density at radius 1 is 1.31 bits per heavy atom. The number of rotatable bonds is 3. The van der Waals surface area contributed by atoms with E-state index in [-0.39, 0.29) is 6.04 Å². The summed E-state index contributed by atoms with van der Waals surface area (Å²) in [5, 5.41) is 3.40. The zero-order valence-corrected chi connectivity index (χ0v) is 10.8. The quantitative estimate of drug-likeness (QED) is 0.775. The molecule has 0 aliphatic carbocycles. The first-order valence-electron chi connectivity index (χ1n) is 6.29. The van der Waals surface area contributed by atoms with Crippen molar-refractivity contribution in [3.63, 3.8) is 0 Å². The SMILES string of the molecule is CCN(C1CCCNC1)C1CCS(=O)(=O)C1. The highest BCUT2D eigenvalue weighted by Gasteiger charge is 2.34. The summed E-state index contributed by atoms with van der Waals surface area (Å²) >= 11 is 0. The Kier molecular flexibility index (Phi) is 3.87. The summed E-state index contributed by atoms with van der Waals surface area (Å²) in [4.78, 5) is 2.40. The van der Waals surface area contributed by atoms with E-state index in [9.17, 15) is 8.42 Å². The number of sulfone groups is 1. The van der Waals surface area contributed by atoms with Gasteiger partial charge in [-0.25, -0.2) is 8.42 Å². The third-order valence-electron chi connectivity index (χ3n) is 3.78. The van der Waals surface area contributed by atoms with E-state index >= 15 is 0 Å². The lowest BCUT2D eigenvalue weighted by molar-refractivity contribution is 0.131. The molecule has 0 saturated carbocycles. The Balaban J connectivity index is 1.99. The number of piperidine rings is 1. The van der Waals surface area contributed by atoms with E-state index < -0.39 is 9.84 Å². The fourth-order valence-electron chi connectivity index (χ4n) is 2.97. The molecule has 0 radical (unpaired) electrons. The maximum Gasteiger partial charge on any atom is 0.151 e. The van der Waals surface area contributed by atoms with Crippen LogP contribution in [0.5, 0.6) is 0 Å². The van der Waals surface area contributed by atoms with E-state index in [0.29, 0.717) is 17.5 Å². The van der Waals surface area contributed by atoms with Crippen LogP contribution in [-0.2, 0) is 9.84 Å². The van der Waals surface area contributed by atoms with Crippen LogP contribution in [0, 0.1) is 0 Å². The fraction of sp³-hybridized carbons (Fsp3) is 1.00. The largest absolute Gasteiger partial charge is 0.315 e. The minimum Gasteiger partial charge on any atom is -0.315 e. The normalized spacial score (nSPS) is 34.4. The molecule has 0 amide bonds. The summed E-state index contributed by atoms with van der Waals surface area (Å²) in [6, 6.07) is 0.803. The van der Waals surface area contributed by atoms with Crippen molar-refractivity contribution in [1.29, 1.82) is 0 Å². The Morgan fingerprint density at radius 2 is 2.12 bits per heavy atom. The zero-order chi connectivity index (χ0) is 11.6. The van der Waals surface area contributed by atoms with Gasteiger partial charge in [-0.05, 0) is 32.4 Å². The third-order valence-corrected chi connectivity index (χ3v) is 5.53. The van der Waals surface area contributed by atoms with Gasteiger partial charge in [0, 0.05) is 18.6 Å².